The standard InChI is InChI=1S/C3HCl2N3O2/c4-2-3(5)7(1-6-2)8(9)10/h1H. The van der Waals surface area contributed by atoms with Gasteiger partial charge in [0.05, 0.1) is 0 Å². The molecule has 1 rings (SSSR count). The summed E-state index contributed by atoms with van der Waals surface area (Å²) in [6.07, 6.45) is 0.935. The molecule has 7 heteroatoms. The highest BCUT2D eigenvalue weighted by Crippen LogP contribution is 2.18. The van der Waals surface area contributed by atoms with Gasteiger partial charge in [0.15, 0.2) is 16.5 Å². The van der Waals surface area contributed by atoms with E-state index >= 15 is 0 Å². The second kappa shape index (κ2) is 2.43. The third-order valence-electron chi connectivity index (χ3n) is 0.828. The van der Waals surface area contributed by atoms with E-state index in [0.29, 0.717) is 4.68 Å². The molecule has 0 amide bonds. The topological polar surface area (TPSA) is 61.0 Å². The van der Waals surface area contributed by atoms with Gasteiger partial charge in [-0.15, -0.1) is 0 Å². The Labute approximate surface area is 65.3 Å². The molecule has 0 atom stereocenters. The third-order valence-corrected chi connectivity index (χ3v) is 1.55. The van der Waals surface area contributed by atoms with Crippen molar-refractivity contribution in [2.24, 2.45) is 0 Å². The molecule has 1 heterocycles. The van der Waals surface area contributed by atoms with E-state index < -0.39 is 5.03 Å². The summed E-state index contributed by atoms with van der Waals surface area (Å²) >= 11 is 10.6. The lowest BCUT2D eigenvalue weighted by Gasteiger charge is -1.87. The zero-order valence-electron chi connectivity index (χ0n) is 4.49. The first kappa shape index (κ1) is 7.30. The molecular formula is C3HCl2N3O2. The zero-order valence-corrected chi connectivity index (χ0v) is 6.00. The van der Waals surface area contributed by atoms with E-state index in [1.165, 1.54) is 0 Å². The summed E-state index contributed by atoms with van der Waals surface area (Å²) in [6.45, 7) is 0. The predicted octanol–water partition coefficient (Wildman–Crippen LogP) is 1.23. The second-order valence-electron chi connectivity index (χ2n) is 1.41. The summed E-state index contributed by atoms with van der Waals surface area (Å²) in [7, 11) is 0. The highest BCUT2D eigenvalue weighted by molar-refractivity contribution is 6.40. The Morgan fingerprint density at radius 2 is 2.30 bits per heavy atom. The van der Waals surface area contributed by atoms with Gasteiger partial charge in [-0.25, -0.2) is 15.1 Å². The molecule has 0 saturated carbocycles. The summed E-state index contributed by atoms with van der Waals surface area (Å²) in [4.78, 5) is 13.4. The van der Waals surface area contributed by atoms with E-state index in [0.717, 1.165) is 6.33 Å². The van der Waals surface area contributed by atoms with Crippen molar-refractivity contribution in [3.63, 3.8) is 0 Å². The second-order valence-corrected chi connectivity index (χ2v) is 2.12. The van der Waals surface area contributed by atoms with Crippen LogP contribution in [0.2, 0.25) is 10.3 Å². The molecule has 10 heavy (non-hydrogen) atoms. The summed E-state index contributed by atoms with van der Waals surface area (Å²) < 4.78 is 0.532. The summed E-state index contributed by atoms with van der Waals surface area (Å²) in [5, 5.41) is 9.04. The molecule has 0 N–H and O–H groups in total. The van der Waals surface area contributed by atoms with Gasteiger partial charge in [-0.1, -0.05) is 23.2 Å². The van der Waals surface area contributed by atoms with Crippen LogP contribution in [0.1, 0.15) is 0 Å². The average molecular weight is 182 g/mol. The maximum atomic E-state index is 10.0. The molecule has 1 aromatic rings. The monoisotopic (exact) mass is 181 g/mol. The highest BCUT2D eigenvalue weighted by Gasteiger charge is 2.12. The van der Waals surface area contributed by atoms with E-state index in [9.17, 15) is 10.1 Å². The van der Waals surface area contributed by atoms with Crippen LogP contribution in [0.5, 0.6) is 0 Å². The molecule has 0 aliphatic heterocycles. The lowest BCUT2D eigenvalue weighted by Crippen LogP contribution is -2.06. The molecule has 0 radical (unpaired) electrons. The average Bonchev–Trinajstić information content (AvgIpc) is 2.14. The lowest BCUT2D eigenvalue weighted by atomic mass is 10.9. The van der Waals surface area contributed by atoms with Crippen molar-refractivity contribution in [1.29, 1.82) is 0 Å². The molecular weight excluding hydrogens is 181 g/mol. The number of nitrogens with zero attached hydrogens (tertiary/aromatic N) is 3. The summed E-state index contributed by atoms with van der Waals surface area (Å²) in [5.41, 5.74) is 0. The van der Waals surface area contributed by atoms with Crippen LogP contribution in [0.4, 0.5) is 0 Å². The van der Waals surface area contributed by atoms with Crippen LogP contribution >= 0.6 is 23.2 Å². The van der Waals surface area contributed by atoms with Gasteiger partial charge in [0.1, 0.15) is 0 Å². The Morgan fingerprint density at radius 1 is 1.70 bits per heavy atom. The van der Waals surface area contributed by atoms with Crippen LogP contribution < -0.4 is 0 Å². The number of aromatic nitrogens is 2. The fourth-order valence-corrected chi connectivity index (χ4v) is 0.702. The van der Waals surface area contributed by atoms with Crippen molar-refractivity contribution < 1.29 is 5.03 Å². The van der Waals surface area contributed by atoms with Crippen LogP contribution in [0.25, 0.3) is 0 Å². The van der Waals surface area contributed by atoms with Crippen molar-refractivity contribution in [1.82, 2.24) is 9.66 Å². The largest absolute Gasteiger partial charge is 0.234 e. The fraction of sp³-hybridized carbons (Fsp3) is 0. The first-order chi connectivity index (χ1) is 4.63. The van der Waals surface area contributed by atoms with Crippen LogP contribution in [0, 0.1) is 10.1 Å². The minimum Gasteiger partial charge on any atom is -0.234 e. The van der Waals surface area contributed by atoms with Crippen LogP contribution in [0.15, 0.2) is 6.33 Å². The zero-order chi connectivity index (χ0) is 7.72. The molecule has 0 spiro atoms. The van der Waals surface area contributed by atoms with Gasteiger partial charge in [-0.05, 0) is 4.68 Å². The normalized spacial score (nSPS) is 9.80. The Hall–Kier alpha value is -0.810. The Morgan fingerprint density at radius 3 is 2.50 bits per heavy atom. The first-order valence-electron chi connectivity index (χ1n) is 2.16. The molecule has 0 aliphatic carbocycles. The Kier molecular flexibility index (Phi) is 1.78. The van der Waals surface area contributed by atoms with Crippen molar-refractivity contribution in [3.8, 4) is 0 Å². The SMILES string of the molecule is O=[N+]([O-])n1cnc(Cl)c1Cl. The van der Waals surface area contributed by atoms with E-state index in [1.807, 2.05) is 0 Å². The van der Waals surface area contributed by atoms with Crippen LogP contribution in [-0.4, -0.2) is 14.7 Å². The predicted molar refractivity (Wildman–Crippen MR) is 34.6 cm³/mol. The van der Waals surface area contributed by atoms with Gasteiger partial charge in [0.25, 0.3) is 0 Å². The summed E-state index contributed by atoms with van der Waals surface area (Å²) in [6, 6.07) is 0. The molecule has 0 fully saturated rings. The van der Waals surface area contributed by atoms with Gasteiger partial charge in [0.2, 0.25) is 5.15 Å². The molecule has 0 aromatic carbocycles. The third kappa shape index (κ3) is 1.05. The van der Waals surface area contributed by atoms with Crippen molar-refractivity contribution in [2.75, 3.05) is 0 Å². The summed E-state index contributed by atoms with van der Waals surface area (Å²) in [5.74, 6) is 0. The molecule has 0 unspecified atom stereocenters. The number of halogens is 2. The van der Waals surface area contributed by atoms with E-state index in [4.69, 9.17) is 23.2 Å². The lowest BCUT2D eigenvalue weighted by molar-refractivity contribution is -0.541. The van der Waals surface area contributed by atoms with Gasteiger partial charge < -0.3 is 0 Å². The smallest absolute Gasteiger partial charge is 0.215 e. The molecule has 0 bridgehead atoms. The number of hydrogen-bond acceptors (Lipinski definition) is 3. The Bertz CT molecular complexity index is 271. The van der Waals surface area contributed by atoms with Crippen LogP contribution in [0.3, 0.4) is 0 Å². The van der Waals surface area contributed by atoms with Gasteiger partial charge in [-0.3, -0.25) is 0 Å². The maximum Gasteiger partial charge on any atom is 0.215 e. The van der Waals surface area contributed by atoms with Gasteiger partial charge >= 0.3 is 0 Å². The number of imidazole rings is 1. The van der Waals surface area contributed by atoms with Crippen molar-refractivity contribution in [2.45, 2.75) is 0 Å². The van der Waals surface area contributed by atoms with E-state index in [1.54, 1.807) is 0 Å². The number of hydrogen-bond donors (Lipinski definition) is 0. The number of nitro groups is 1. The fourth-order valence-electron chi connectivity index (χ4n) is 0.418. The minimum absolute atomic E-state index is 0.0710. The van der Waals surface area contributed by atoms with Crippen molar-refractivity contribution in [3.05, 3.63) is 26.7 Å². The minimum atomic E-state index is -0.721. The molecule has 5 nitrogen and oxygen atoms in total. The van der Waals surface area contributed by atoms with E-state index in [2.05, 4.69) is 4.98 Å². The van der Waals surface area contributed by atoms with Gasteiger partial charge in [0, 0.05) is 0 Å². The van der Waals surface area contributed by atoms with Crippen LogP contribution in [-0.2, 0) is 0 Å². The first-order valence-corrected chi connectivity index (χ1v) is 2.91. The molecule has 0 aliphatic rings. The van der Waals surface area contributed by atoms with Gasteiger partial charge in [-0.2, -0.15) is 0 Å². The van der Waals surface area contributed by atoms with E-state index in [-0.39, 0.29) is 10.3 Å². The van der Waals surface area contributed by atoms with Crippen molar-refractivity contribution >= 4 is 23.2 Å². The highest BCUT2D eigenvalue weighted by atomic mass is 35.5. The number of rotatable bonds is 1. The molecule has 54 valence electrons. The molecule has 0 saturated heterocycles. The maximum absolute atomic E-state index is 10.0. The Balaban J connectivity index is 3.17. The quantitative estimate of drug-likeness (QED) is 0.484. The molecule has 1 aromatic heterocycles.